The molecule has 3 rings (SSSR count). The Morgan fingerprint density at radius 1 is 1.38 bits per heavy atom. The lowest BCUT2D eigenvalue weighted by molar-refractivity contribution is -0.126. The highest BCUT2D eigenvalue weighted by molar-refractivity contribution is 6.07. The van der Waals surface area contributed by atoms with Crippen molar-refractivity contribution in [3.63, 3.8) is 0 Å². The molecule has 1 saturated heterocycles. The molecule has 1 fully saturated rings. The highest BCUT2D eigenvalue weighted by Gasteiger charge is 2.49. The molecule has 1 aliphatic heterocycles. The zero-order valence-corrected chi connectivity index (χ0v) is 14.1. The first-order chi connectivity index (χ1) is 12.5. The van der Waals surface area contributed by atoms with Crippen molar-refractivity contribution in [2.24, 2.45) is 0 Å². The van der Waals surface area contributed by atoms with Crippen molar-refractivity contribution < 1.29 is 19.2 Å². The molecular weight excluding hydrogens is 336 g/mol. The topological polar surface area (TPSA) is 116 Å². The molecule has 0 bridgehead atoms. The van der Waals surface area contributed by atoms with Gasteiger partial charge in [0.2, 0.25) is 6.41 Å². The van der Waals surface area contributed by atoms with Gasteiger partial charge in [-0.05, 0) is 49.6 Å². The molecule has 4 N–H and O–H groups in total. The van der Waals surface area contributed by atoms with Crippen molar-refractivity contribution in [3.05, 3.63) is 34.9 Å². The van der Waals surface area contributed by atoms with Crippen LogP contribution in [0, 0.1) is 11.8 Å². The maximum atomic E-state index is 12.3. The summed E-state index contributed by atoms with van der Waals surface area (Å²) >= 11 is 0. The molecule has 0 radical (unpaired) electrons. The zero-order chi connectivity index (χ0) is 18.7. The minimum atomic E-state index is -1.01. The zero-order valence-electron chi connectivity index (χ0n) is 14.1. The second-order valence-corrected chi connectivity index (χ2v) is 6.16. The van der Waals surface area contributed by atoms with Crippen LogP contribution in [0.1, 0.15) is 29.5 Å². The molecule has 8 nitrogen and oxygen atoms in total. The fraction of sp³-hybridized carbons (Fsp3) is 0.333. The van der Waals surface area contributed by atoms with Gasteiger partial charge in [-0.3, -0.25) is 30.3 Å². The van der Waals surface area contributed by atoms with Gasteiger partial charge in [0.25, 0.3) is 11.8 Å². The number of rotatable bonds is 3. The van der Waals surface area contributed by atoms with Gasteiger partial charge < -0.3 is 5.32 Å². The van der Waals surface area contributed by atoms with Crippen LogP contribution in [0.15, 0.2) is 18.2 Å². The molecule has 8 heteroatoms. The number of hydrogen-bond acceptors (Lipinski definition) is 5. The van der Waals surface area contributed by atoms with E-state index in [4.69, 9.17) is 0 Å². The summed E-state index contributed by atoms with van der Waals surface area (Å²) in [5, 5.41) is 9.84. The number of carbonyl (C=O) groups excluding carboxylic acids is 4. The van der Waals surface area contributed by atoms with E-state index in [-0.39, 0.29) is 5.91 Å². The molecule has 1 aromatic rings. The van der Waals surface area contributed by atoms with Crippen LogP contribution in [0.3, 0.4) is 0 Å². The third-order valence-corrected chi connectivity index (χ3v) is 4.62. The first-order valence-electron chi connectivity index (χ1n) is 8.20. The molecule has 26 heavy (non-hydrogen) atoms. The van der Waals surface area contributed by atoms with Crippen molar-refractivity contribution >= 4 is 24.3 Å². The monoisotopic (exact) mass is 354 g/mol. The lowest BCUT2D eigenvalue weighted by Crippen LogP contribution is -2.46. The lowest BCUT2D eigenvalue weighted by Gasteiger charge is -2.32. The molecule has 0 aromatic heterocycles. The molecule has 1 aliphatic carbocycles. The van der Waals surface area contributed by atoms with Crippen molar-refractivity contribution in [1.82, 2.24) is 21.3 Å². The van der Waals surface area contributed by atoms with Crippen molar-refractivity contribution in [2.45, 2.75) is 30.8 Å². The number of aryl methyl sites for hydroxylation is 1. The minimum absolute atomic E-state index is 0.313. The SMILES string of the molecule is CNC(C#Cc1ccc2c(c1)CCCC21NC(=O)NC1=O)C(=O)NC=O. The molecule has 134 valence electrons. The summed E-state index contributed by atoms with van der Waals surface area (Å²) in [5.41, 5.74) is 1.40. The second-order valence-electron chi connectivity index (χ2n) is 6.16. The number of nitrogens with one attached hydrogen (secondary N) is 4. The summed E-state index contributed by atoms with van der Waals surface area (Å²) in [5.74, 6) is 4.82. The third kappa shape index (κ3) is 3.05. The molecule has 1 spiro atoms. The number of benzene rings is 1. The molecule has 0 saturated carbocycles. The van der Waals surface area contributed by atoms with E-state index in [0.29, 0.717) is 18.4 Å². The molecule has 1 heterocycles. The molecule has 5 amide bonds. The van der Waals surface area contributed by atoms with Gasteiger partial charge >= 0.3 is 6.03 Å². The highest BCUT2D eigenvalue weighted by Crippen LogP contribution is 2.37. The highest BCUT2D eigenvalue weighted by atomic mass is 16.2. The Labute approximate surface area is 150 Å². The Morgan fingerprint density at radius 2 is 2.19 bits per heavy atom. The standard InChI is InChI=1S/C18H18N4O4/c1-19-14(15(24)20-10-23)7-5-11-4-6-13-12(9-11)3-2-8-18(13)16(25)21-17(26)22-18/h4,6,9-10,14,19H,2-3,8H2,1H3,(H,20,23,24)(H2,21,22,25,26). The number of fused-ring (bicyclic) bond motifs is 2. The number of hydrogen-bond donors (Lipinski definition) is 4. The van der Waals surface area contributed by atoms with Crippen LogP contribution in [-0.4, -0.2) is 37.3 Å². The molecule has 2 unspecified atom stereocenters. The Kier molecular flexibility index (Phi) is 4.73. The van der Waals surface area contributed by atoms with Crippen LogP contribution in [0.25, 0.3) is 0 Å². The van der Waals surface area contributed by atoms with Crippen LogP contribution in [0.4, 0.5) is 4.79 Å². The first-order valence-corrected chi connectivity index (χ1v) is 8.20. The van der Waals surface area contributed by atoms with Gasteiger partial charge in [0.1, 0.15) is 11.6 Å². The Morgan fingerprint density at radius 3 is 2.85 bits per heavy atom. The predicted octanol–water partition coefficient (Wildman–Crippen LogP) is -0.730. The van der Waals surface area contributed by atoms with Crippen LogP contribution < -0.4 is 21.3 Å². The summed E-state index contributed by atoms with van der Waals surface area (Å²) in [6.07, 6.45) is 2.40. The Bertz CT molecular complexity index is 854. The quantitative estimate of drug-likeness (QED) is 0.324. The third-order valence-electron chi connectivity index (χ3n) is 4.62. The number of imide groups is 2. The van der Waals surface area contributed by atoms with E-state index in [2.05, 4.69) is 33.1 Å². The van der Waals surface area contributed by atoms with E-state index in [1.54, 1.807) is 19.2 Å². The van der Waals surface area contributed by atoms with Gasteiger partial charge in [0.15, 0.2) is 0 Å². The average Bonchev–Trinajstić information content (AvgIpc) is 2.89. The second kappa shape index (κ2) is 6.98. The maximum absolute atomic E-state index is 12.3. The summed E-state index contributed by atoms with van der Waals surface area (Å²) < 4.78 is 0. The fourth-order valence-corrected chi connectivity index (χ4v) is 3.40. The lowest BCUT2D eigenvalue weighted by atomic mass is 9.76. The molecule has 2 aliphatic rings. The minimum Gasteiger partial charge on any atom is -0.319 e. The van der Waals surface area contributed by atoms with Gasteiger partial charge in [-0.2, -0.15) is 0 Å². The summed E-state index contributed by atoms with van der Waals surface area (Å²) in [6, 6.07) is 4.11. The van der Waals surface area contributed by atoms with E-state index >= 15 is 0 Å². The van der Waals surface area contributed by atoms with Gasteiger partial charge in [-0.15, -0.1) is 0 Å². The summed E-state index contributed by atoms with van der Waals surface area (Å²) in [7, 11) is 1.57. The van der Waals surface area contributed by atoms with E-state index in [1.807, 2.05) is 6.07 Å². The summed E-state index contributed by atoms with van der Waals surface area (Å²) in [6.45, 7) is 0. The first kappa shape index (κ1) is 17.6. The van der Waals surface area contributed by atoms with E-state index in [1.165, 1.54) is 0 Å². The van der Waals surface area contributed by atoms with Crippen LogP contribution in [-0.2, 0) is 26.3 Å². The maximum Gasteiger partial charge on any atom is 0.322 e. The molecular formula is C18H18N4O4. The Balaban J connectivity index is 1.90. The normalized spacial score (nSPS) is 21.7. The summed E-state index contributed by atoms with van der Waals surface area (Å²) in [4.78, 5) is 45.9. The van der Waals surface area contributed by atoms with E-state index < -0.39 is 23.5 Å². The van der Waals surface area contributed by atoms with Crippen LogP contribution in [0.5, 0.6) is 0 Å². The van der Waals surface area contributed by atoms with Crippen molar-refractivity contribution in [3.8, 4) is 11.8 Å². The molecule has 2 atom stereocenters. The smallest absolute Gasteiger partial charge is 0.319 e. The van der Waals surface area contributed by atoms with Crippen LogP contribution in [0.2, 0.25) is 0 Å². The Hall–Kier alpha value is -3.18. The number of urea groups is 1. The molecule has 1 aromatic carbocycles. The van der Waals surface area contributed by atoms with Gasteiger partial charge in [-0.25, -0.2) is 4.79 Å². The van der Waals surface area contributed by atoms with Gasteiger partial charge in [0, 0.05) is 5.56 Å². The predicted molar refractivity (Wildman–Crippen MR) is 91.7 cm³/mol. The largest absolute Gasteiger partial charge is 0.322 e. The number of carbonyl (C=O) groups is 4. The number of likely N-dealkylation sites (N-methyl/N-ethyl adjacent to an activating group) is 1. The van der Waals surface area contributed by atoms with Crippen molar-refractivity contribution in [1.29, 1.82) is 0 Å². The van der Waals surface area contributed by atoms with E-state index in [0.717, 1.165) is 24.0 Å². The number of amides is 5. The van der Waals surface area contributed by atoms with E-state index in [9.17, 15) is 19.2 Å². The van der Waals surface area contributed by atoms with Crippen molar-refractivity contribution in [2.75, 3.05) is 7.05 Å². The fourth-order valence-electron chi connectivity index (χ4n) is 3.40. The van der Waals surface area contributed by atoms with Gasteiger partial charge in [0.05, 0.1) is 0 Å². The van der Waals surface area contributed by atoms with Crippen LogP contribution >= 0.6 is 0 Å². The van der Waals surface area contributed by atoms with Gasteiger partial charge in [-0.1, -0.05) is 17.9 Å². The average molecular weight is 354 g/mol.